The minimum absolute atomic E-state index is 0.0876. The first-order chi connectivity index (χ1) is 14.3. The molecule has 0 unspecified atom stereocenters. The van der Waals surface area contributed by atoms with Gasteiger partial charge in [-0.25, -0.2) is 0 Å². The van der Waals surface area contributed by atoms with Crippen LogP contribution in [0.2, 0.25) is 0 Å². The Morgan fingerprint density at radius 3 is 2.37 bits per heavy atom. The third-order valence-corrected chi connectivity index (χ3v) is 5.51. The number of benzene rings is 2. The molecule has 0 radical (unpaired) electrons. The second-order valence-electron chi connectivity index (χ2n) is 7.29. The van der Waals surface area contributed by atoms with Crippen molar-refractivity contribution in [2.75, 3.05) is 0 Å². The summed E-state index contributed by atoms with van der Waals surface area (Å²) in [5, 5.41) is 9.61. The lowest BCUT2D eigenvalue weighted by Gasteiger charge is -2.34. The summed E-state index contributed by atoms with van der Waals surface area (Å²) in [7, 11) is 0. The molecule has 0 spiro atoms. The first kappa shape index (κ1) is 19.8. The number of halogens is 3. The number of alkyl halides is 3. The van der Waals surface area contributed by atoms with Gasteiger partial charge in [-0.1, -0.05) is 48.5 Å². The van der Waals surface area contributed by atoms with Crippen molar-refractivity contribution in [3.63, 3.8) is 0 Å². The van der Waals surface area contributed by atoms with E-state index in [0.29, 0.717) is 6.42 Å². The summed E-state index contributed by atoms with van der Waals surface area (Å²) in [6.45, 7) is 0. The number of Topliss-reactive ketones (excluding diaryl/α,β-unsaturated/α-hetero) is 1. The molecule has 0 fully saturated rings. The maximum Gasteiger partial charge on any atom is 0.416 e. The molecule has 2 atom stereocenters. The van der Waals surface area contributed by atoms with E-state index in [1.54, 1.807) is 0 Å². The van der Waals surface area contributed by atoms with Gasteiger partial charge < -0.3 is 10.5 Å². The largest absolute Gasteiger partial charge is 0.444 e. The number of ketones is 1. The van der Waals surface area contributed by atoms with Gasteiger partial charge in [0, 0.05) is 18.4 Å². The number of nitriles is 1. The van der Waals surface area contributed by atoms with Gasteiger partial charge in [0.05, 0.1) is 11.5 Å². The fourth-order valence-electron chi connectivity index (χ4n) is 4.19. The van der Waals surface area contributed by atoms with Crippen molar-refractivity contribution >= 4 is 5.78 Å². The van der Waals surface area contributed by atoms with Crippen molar-refractivity contribution in [1.29, 1.82) is 5.26 Å². The molecule has 0 bridgehead atoms. The summed E-state index contributed by atoms with van der Waals surface area (Å²) in [6.07, 6.45) is -4.21. The topological polar surface area (TPSA) is 76.1 Å². The van der Waals surface area contributed by atoms with Gasteiger partial charge in [0.15, 0.2) is 5.78 Å². The van der Waals surface area contributed by atoms with Gasteiger partial charge in [-0.3, -0.25) is 4.79 Å². The number of carbonyl (C=O) groups is 1. The van der Waals surface area contributed by atoms with Crippen molar-refractivity contribution in [2.45, 2.75) is 30.9 Å². The molecule has 1 heterocycles. The van der Waals surface area contributed by atoms with Crippen LogP contribution in [0.3, 0.4) is 0 Å². The molecule has 152 valence electrons. The molecule has 0 saturated heterocycles. The highest BCUT2D eigenvalue weighted by atomic mass is 19.4. The Morgan fingerprint density at radius 2 is 1.70 bits per heavy atom. The van der Waals surface area contributed by atoms with Gasteiger partial charge >= 0.3 is 6.18 Å². The second-order valence-corrected chi connectivity index (χ2v) is 7.29. The normalized spacial score (nSPS) is 21.7. The first-order valence-corrected chi connectivity index (χ1v) is 9.36. The van der Waals surface area contributed by atoms with E-state index < -0.39 is 17.7 Å². The van der Waals surface area contributed by atoms with Gasteiger partial charge in [-0.05, 0) is 23.1 Å². The van der Waals surface area contributed by atoms with Crippen molar-refractivity contribution < 1.29 is 22.7 Å². The van der Waals surface area contributed by atoms with Gasteiger partial charge in [0.2, 0.25) is 5.88 Å². The molecular formula is C23H17F3N2O2. The van der Waals surface area contributed by atoms with Crippen LogP contribution in [0.25, 0.3) is 0 Å². The number of allylic oxidation sites excluding steroid dienone is 3. The lowest BCUT2D eigenvalue weighted by Crippen LogP contribution is -2.30. The number of nitrogens with zero attached hydrogens (tertiary/aromatic N) is 1. The zero-order valence-electron chi connectivity index (χ0n) is 15.7. The molecule has 30 heavy (non-hydrogen) atoms. The lowest BCUT2D eigenvalue weighted by atomic mass is 9.73. The molecule has 7 heteroatoms. The van der Waals surface area contributed by atoms with E-state index in [-0.39, 0.29) is 46.5 Å². The minimum atomic E-state index is -4.64. The Bertz CT molecular complexity index is 1110. The zero-order chi connectivity index (χ0) is 21.5. The average Bonchev–Trinajstić information content (AvgIpc) is 2.72. The van der Waals surface area contributed by atoms with Crippen LogP contribution in [0.5, 0.6) is 0 Å². The van der Waals surface area contributed by atoms with Crippen LogP contribution in [0.15, 0.2) is 77.4 Å². The Morgan fingerprint density at radius 1 is 1.03 bits per heavy atom. The number of ether oxygens (including phenoxy) is 1. The van der Waals surface area contributed by atoms with E-state index in [9.17, 15) is 23.2 Å². The highest BCUT2D eigenvalue weighted by molar-refractivity contribution is 6.00. The molecule has 0 aromatic heterocycles. The number of hydrogen-bond acceptors (Lipinski definition) is 4. The Kier molecular flexibility index (Phi) is 4.86. The van der Waals surface area contributed by atoms with E-state index in [0.717, 1.165) is 11.6 Å². The Hall–Kier alpha value is -3.53. The minimum Gasteiger partial charge on any atom is -0.444 e. The maximum absolute atomic E-state index is 13.7. The predicted octanol–water partition coefficient (Wildman–Crippen LogP) is 4.91. The number of hydrogen-bond donors (Lipinski definition) is 1. The Labute approximate surface area is 171 Å². The van der Waals surface area contributed by atoms with Crippen molar-refractivity contribution in [3.8, 4) is 6.07 Å². The SMILES string of the molecule is N#CC1=C(N)OC2=C(C(=O)C[C@H](c3ccccc3)C2)[C@@H]1c1ccccc1C(F)(F)F. The van der Waals surface area contributed by atoms with Gasteiger partial charge in [0.25, 0.3) is 0 Å². The average molecular weight is 410 g/mol. The van der Waals surface area contributed by atoms with Crippen molar-refractivity contribution in [3.05, 3.63) is 94.1 Å². The molecule has 4 rings (SSSR count). The fourth-order valence-corrected chi connectivity index (χ4v) is 4.19. The van der Waals surface area contributed by atoms with E-state index in [1.165, 1.54) is 18.2 Å². The third-order valence-electron chi connectivity index (χ3n) is 5.51. The summed E-state index contributed by atoms with van der Waals surface area (Å²) >= 11 is 0. The maximum atomic E-state index is 13.7. The summed E-state index contributed by atoms with van der Waals surface area (Å²) in [5.74, 6) is -1.75. The molecule has 0 amide bonds. The lowest BCUT2D eigenvalue weighted by molar-refractivity contribution is -0.138. The standard InChI is InChI=1S/C23H17F3N2O2/c24-23(25,26)17-9-5-4-8-15(17)20-16(12-27)22(28)30-19-11-14(10-18(29)21(19)20)13-6-2-1-3-7-13/h1-9,14,20H,10-11,28H2/t14-,20+/m0/s1. The van der Waals surface area contributed by atoms with Gasteiger partial charge in [-0.15, -0.1) is 0 Å². The van der Waals surface area contributed by atoms with E-state index in [2.05, 4.69) is 0 Å². The van der Waals surface area contributed by atoms with Crippen LogP contribution in [-0.4, -0.2) is 5.78 Å². The summed E-state index contributed by atoms with van der Waals surface area (Å²) < 4.78 is 46.6. The highest BCUT2D eigenvalue weighted by Gasteiger charge is 2.44. The highest BCUT2D eigenvalue weighted by Crippen LogP contribution is 2.49. The van der Waals surface area contributed by atoms with Gasteiger partial charge in [-0.2, -0.15) is 18.4 Å². The van der Waals surface area contributed by atoms with Crippen LogP contribution in [-0.2, 0) is 15.7 Å². The molecule has 2 aromatic rings. The van der Waals surface area contributed by atoms with Crippen LogP contribution < -0.4 is 5.73 Å². The second kappa shape index (κ2) is 7.38. The molecular weight excluding hydrogens is 393 g/mol. The number of nitrogens with two attached hydrogens (primary N) is 1. The monoisotopic (exact) mass is 410 g/mol. The summed E-state index contributed by atoms with van der Waals surface area (Å²) in [4.78, 5) is 13.1. The van der Waals surface area contributed by atoms with Crippen molar-refractivity contribution in [2.24, 2.45) is 5.73 Å². The molecule has 2 aromatic carbocycles. The van der Waals surface area contributed by atoms with Crippen LogP contribution in [0, 0.1) is 11.3 Å². The van der Waals surface area contributed by atoms with E-state index in [1.807, 2.05) is 36.4 Å². The van der Waals surface area contributed by atoms with Crippen LogP contribution in [0.4, 0.5) is 13.2 Å². The number of carbonyl (C=O) groups excluding carboxylic acids is 1. The molecule has 0 saturated carbocycles. The van der Waals surface area contributed by atoms with E-state index in [4.69, 9.17) is 10.5 Å². The van der Waals surface area contributed by atoms with Crippen LogP contribution >= 0.6 is 0 Å². The van der Waals surface area contributed by atoms with E-state index >= 15 is 0 Å². The molecule has 2 N–H and O–H groups in total. The Balaban J connectivity index is 1.86. The summed E-state index contributed by atoms with van der Waals surface area (Å²) in [6, 6.07) is 16.2. The van der Waals surface area contributed by atoms with Crippen molar-refractivity contribution in [1.82, 2.24) is 0 Å². The molecule has 1 aliphatic carbocycles. The zero-order valence-corrected chi connectivity index (χ0v) is 15.7. The third kappa shape index (κ3) is 3.35. The molecule has 1 aliphatic heterocycles. The molecule has 4 nitrogen and oxygen atoms in total. The fraction of sp³-hybridized carbons (Fsp3) is 0.217. The first-order valence-electron chi connectivity index (χ1n) is 9.36. The smallest absolute Gasteiger partial charge is 0.416 e. The molecule has 2 aliphatic rings. The quantitative estimate of drug-likeness (QED) is 0.763. The van der Waals surface area contributed by atoms with Gasteiger partial charge in [0.1, 0.15) is 17.4 Å². The number of rotatable bonds is 2. The summed E-state index contributed by atoms with van der Waals surface area (Å²) in [5.41, 5.74) is 5.68. The van der Waals surface area contributed by atoms with Crippen LogP contribution in [0.1, 0.15) is 41.4 Å². The predicted molar refractivity (Wildman–Crippen MR) is 103 cm³/mol.